The van der Waals surface area contributed by atoms with E-state index in [9.17, 15) is 9.13 Å². The molecule has 0 aromatic heterocycles. The van der Waals surface area contributed by atoms with Crippen LogP contribution in [0.15, 0.2) is 0 Å². The molecular formula is C8H19NO5P2. The third-order valence-electron chi connectivity index (χ3n) is 2.86. The summed E-state index contributed by atoms with van der Waals surface area (Å²) in [5, 5.41) is -1.38. The molecule has 1 aliphatic heterocycles. The van der Waals surface area contributed by atoms with Crippen molar-refractivity contribution in [2.24, 2.45) is 0 Å². The highest BCUT2D eigenvalue weighted by atomic mass is 31.2. The molecule has 1 heterocycles. The van der Waals surface area contributed by atoms with Gasteiger partial charge in [0, 0.05) is 0 Å². The fraction of sp³-hybridized carbons (Fsp3) is 1.00. The molecule has 8 heteroatoms. The Morgan fingerprint density at radius 2 is 1.81 bits per heavy atom. The van der Waals surface area contributed by atoms with Crippen LogP contribution in [0.2, 0.25) is 0 Å². The molecule has 3 N–H and O–H groups in total. The van der Waals surface area contributed by atoms with Crippen LogP contribution < -0.4 is 0 Å². The molecule has 2 unspecified atom stereocenters. The van der Waals surface area contributed by atoms with Gasteiger partial charge >= 0.3 is 7.60 Å². The van der Waals surface area contributed by atoms with Gasteiger partial charge in [-0.25, -0.2) is 0 Å². The number of hydrogen-bond donors (Lipinski definition) is 3. The molecule has 0 aromatic carbocycles. The third kappa shape index (κ3) is 4.66. The van der Waals surface area contributed by atoms with Crippen molar-refractivity contribution in [3.8, 4) is 0 Å². The molecule has 0 amide bonds. The summed E-state index contributed by atoms with van der Waals surface area (Å²) in [6, 6.07) is 0. The van der Waals surface area contributed by atoms with E-state index in [1.807, 2.05) is 0 Å². The van der Waals surface area contributed by atoms with Gasteiger partial charge in [-0.3, -0.25) is 9.13 Å². The Balaban J connectivity index is 2.43. The van der Waals surface area contributed by atoms with Crippen molar-refractivity contribution in [1.82, 2.24) is 4.90 Å². The lowest BCUT2D eigenvalue weighted by atomic mass is 10.1. The molecule has 0 saturated carbocycles. The van der Waals surface area contributed by atoms with E-state index >= 15 is 0 Å². The van der Waals surface area contributed by atoms with Gasteiger partial charge in [0.15, 0.2) is 0 Å². The summed E-state index contributed by atoms with van der Waals surface area (Å²) in [7, 11) is -7.61. The molecule has 0 aromatic rings. The maximum absolute atomic E-state index is 11.0. The van der Waals surface area contributed by atoms with E-state index in [1.54, 1.807) is 0 Å². The van der Waals surface area contributed by atoms with Crippen LogP contribution in [-0.4, -0.2) is 44.6 Å². The Morgan fingerprint density at radius 1 is 1.25 bits per heavy atom. The molecule has 2 atom stereocenters. The summed E-state index contributed by atoms with van der Waals surface area (Å²) in [5.74, 6) is 0. The van der Waals surface area contributed by atoms with E-state index in [4.69, 9.17) is 14.7 Å². The molecule has 1 aliphatic rings. The van der Waals surface area contributed by atoms with Gasteiger partial charge in [0.1, 0.15) is 5.40 Å². The van der Waals surface area contributed by atoms with Crippen molar-refractivity contribution >= 4 is 15.6 Å². The summed E-state index contributed by atoms with van der Waals surface area (Å²) in [4.78, 5) is 28.9. The SMILES string of the molecule is O=[PH](O)C(CCN1CCCCC1)P(=O)(O)O. The Hall–Kier alpha value is 0.300. The van der Waals surface area contributed by atoms with E-state index < -0.39 is 21.0 Å². The van der Waals surface area contributed by atoms with Crippen molar-refractivity contribution in [1.29, 1.82) is 0 Å². The Labute approximate surface area is 95.7 Å². The molecule has 1 saturated heterocycles. The van der Waals surface area contributed by atoms with Crippen molar-refractivity contribution in [2.45, 2.75) is 31.1 Å². The number of hydrogen-bond acceptors (Lipinski definition) is 3. The molecule has 1 fully saturated rings. The van der Waals surface area contributed by atoms with Gasteiger partial charge < -0.3 is 19.6 Å². The minimum atomic E-state index is -4.44. The number of likely N-dealkylation sites (tertiary alicyclic amines) is 1. The Bertz CT molecular complexity index is 286. The first kappa shape index (κ1) is 14.4. The normalized spacial score (nSPS) is 22.9. The molecule has 16 heavy (non-hydrogen) atoms. The number of piperidine rings is 1. The predicted molar refractivity (Wildman–Crippen MR) is 62.0 cm³/mol. The van der Waals surface area contributed by atoms with E-state index in [1.165, 1.54) is 6.42 Å². The number of nitrogens with zero attached hydrogens (tertiary/aromatic N) is 1. The maximum atomic E-state index is 11.0. The number of rotatable bonds is 5. The maximum Gasteiger partial charge on any atom is 0.338 e. The van der Waals surface area contributed by atoms with Crippen molar-refractivity contribution < 1.29 is 23.8 Å². The second-order valence-corrected chi connectivity index (χ2v) is 7.79. The van der Waals surface area contributed by atoms with Gasteiger partial charge in [-0.05, 0) is 38.9 Å². The van der Waals surface area contributed by atoms with Crippen LogP contribution >= 0.6 is 15.6 Å². The summed E-state index contributed by atoms with van der Waals surface area (Å²) < 4.78 is 21.9. The molecule has 0 bridgehead atoms. The highest BCUT2D eigenvalue weighted by molar-refractivity contribution is 7.65. The largest absolute Gasteiger partial charge is 0.346 e. The van der Waals surface area contributed by atoms with Crippen molar-refractivity contribution in [3.05, 3.63) is 0 Å². The Morgan fingerprint density at radius 3 is 2.25 bits per heavy atom. The van der Waals surface area contributed by atoms with Gasteiger partial charge in [-0.15, -0.1) is 0 Å². The molecule has 6 nitrogen and oxygen atoms in total. The fourth-order valence-corrected chi connectivity index (χ4v) is 3.90. The molecule has 96 valence electrons. The fourth-order valence-electron chi connectivity index (χ4n) is 1.92. The first-order valence-corrected chi connectivity index (χ1v) is 8.53. The highest BCUT2D eigenvalue weighted by Gasteiger charge is 2.33. The third-order valence-corrected chi connectivity index (χ3v) is 6.46. The lowest BCUT2D eigenvalue weighted by molar-refractivity contribution is 0.225. The van der Waals surface area contributed by atoms with Gasteiger partial charge in [-0.2, -0.15) is 0 Å². The van der Waals surface area contributed by atoms with Gasteiger partial charge in [0.05, 0.1) is 0 Å². The summed E-state index contributed by atoms with van der Waals surface area (Å²) in [6.45, 7) is 2.33. The van der Waals surface area contributed by atoms with Gasteiger partial charge in [-0.1, -0.05) is 6.42 Å². The highest BCUT2D eigenvalue weighted by Crippen LogP contribution is 2.53. The monoisotopic (exact) mass is 271 g/mol. The molecular weight excluding hydrogens is 252 g/mol. The van der Waals surface area contributed by atoms with Gasteiger partial charge in [0.2, 0.25) is 8.03 Å². The van der Waals surface area contributed by atoms with Crippen LogP contribution in [0.25, 0.3) is 0 Å². The predicted octanol–water partition coefficient (Wildman–Crippen LogP) is 0.833. The molecule has 0 spiro atoms. The minimum Gasteiger partial charge on any atom is -0.346 e. The van der Waals surface area contributed by atoms with Crippen LogP contribution in [0.1, 0.15) is 25.7 Å². The van der Waals surface area contributed by atoms with E-state index in [0.717, 1.165) is 25.9 Å². The molecule has 0 radical (unpaired) electrons. The van der Waals surface area contributed by atoms with Crippen LogP contribution in [0, 0.1) is 0 Å². The zero-order valence-corrected chi connectivity index (χ0v) is 11.0. The van der Waals surface area contributed by atoms with Gasteiger partial charge in [0.25, 0.3) is 0 Å². The topological polar surface area (TPSA) is 98.1 Å². The summed E-state index contributed by atoms with van der Waals surface area (Å²) in [6.07, 6.45) is 3.47. The van der Waals surface area contributed by atoms with Crippen molar-refractivity contribution in [3.63, 3.8) is 0 Å². The van der Waals surface area contributed by atoms with E-state index in [2.05, 4.69) is 4.90 Å². The summed E-state index contributed by atoms with van der Waals surface area (Å²) in [5.41, 5.74) is 0. The van der Waals surface area contributed by atoms with E-state index in [-0.39, 0.29) is 6.42 Å². The first-order valence-electron chi connectivity index (χ1n) is 5.41. The lowest BCUT2D eigenvalue weighted by Crippen LogP contribution is -2.31. The minimum absolute atomic E-state index is 0.0958. The zero-order chi connectivity index (χ0) is 12.2. The second-order valence-electron chi connectivity index (χ2n) is 4.13. The van der Waals surface area contributed by atoms with E-state index in [0.29, 0.717) is 6.54 Å². The first-order chi connectivity index (χ1) is 7.41. The smallest absolute Gasteiger partial charge is 0.338 e. The lowest BCUT2D eigenvalue weighted by Gasteiger charge is -2.27. The molecule has 1 rings (SSSR count). The Kier molecular flexibility index (Phi) is 5.65. The quantitative estimate of drug-likeness (QED) is 0.641. The average Bonchev–Trinajstić information content (AvgIpc) is 2.17. The van der Waals surface area contributed by atoms with Crippen LogP contribution in [0.4, 0.5) is 0 Å². The second kappa shape index (κ2) is 6.29. The van der Waals surface area contributed by atoms with Crippen LogP contribution in [-0.2, 0) is 9.13 Å². The molecule has 0 aliphatic carbocycles. The standard InChI is InChI=1S/C8H19NO5P2/c10-15(11)8(16(12,13)14)4-7-9-5-2-1-3-6-9/h8,15H,1-7H2,(H,10,11)(H2,12,13,14). The van der Waals surface area contributed by atoms with Crippen LogP contribution in [0.5, 0.6) is 0 Å². The van der Waals surface area contributed by atoms with Crippen LogP contribution in [0.3, 0.4) is 0 Å². The average molecular weight is 271 g/mol. The summed E-state index contributed by atoms with van der Waals surface area (Å²) >= 11 is 0. The zero-order valence-electron chi connectivity index (χ0n) is 9.08. The van der Waals surface area contributed by atoms with Crippen molar-refractivity contribution in [2.75, 3.05) is 19.6 Å².